The zero-order valence-corrected chi connectivity index (χ0v) is 9.91. The standard InChI is InChI=1S/C13H17NO2/c1-5-6-12(14-2)11-8-7-10(15-3)9-13(11)16-4/h1,7-9,12,14H,6H2,2-4H3. The van der Waals surface area contributed by atoms with Crippen LogP contribution in [0.4, 0.5) is 0 Å². The highest BCUT2D eigenvalue weighted by atomic mass is 16.5. The van der Waals surface area contributed by atoms with E-state index in [1.165, 1.54) is 0 Å². The Balaban J connectivity index is 3.07. The number of hydrogen-bond acceptors (Lipinski definition) is 3. The first-order valence-electron chi connectivity index (χ1n) is 5.09. The summed E-state index contributed by atoms with van der Waals surface area (Å²) in [6.07, 6.45) is 5.96. The average Bonchev–Trinajstić information content (AvgIpc) is 2.35. The van der Waals surface area contributed by atoms with Crippen LogP contribution >= 0.6 is 0 Å². The maximum atomic E-state index is 5.33. The fourth-order valence-electron chi connectivity index (χ4n) is 1.59. The predicted molar refractivity (Wildman–Crippen MR) is 64.8 cm³/mol. The van der Waals surface area contributed by atoms with E-state index in [0.717, 1.165) is 17.1 Å². The summed E-state index contributed by atoms with van der Waals surface area (Å²) in [5.74, 6) is 4.21. The maximum absolute atomic E-state index is 5.33. The van der Waals surface area contributed by atoms with Crippen LogP contribution in [0.1, 0.15) is 18.0 Å². The lowest BCUT2D eigenvalue weighted by Gasteiger charge is -2.17. The van der Waals surface area contributed by atoms with E-state index in [2.05, 4.69) is 11.2 Å². The largest absolute Gasteiger partial charge is 0.497 e. The van der Waals surface area contributed by atoms with Crippen LogP contribution in [0.25, 0.3) is 0 Å². The van der Waals surface area contributed by atoms with Crippen LogP contribution in [0.15, 0.2) is 18.2 Å². The highest BCUT2D eigenvalue weighted by molar-refractivity contribution is 5.42. The molecule has 1 aromatic rings. The Morgan fingerprint density at radius 2 is 2.12 bits per heavy atom. The average molecular weight is 219 g/mol. The number of methoxy groups -OCH3 is 2. The Morgan fingerprint density at radius 3 is 2.62 bits per heavy atom. The smallest absolute Gasteiger partial charge is 0.127 e. The van der Waals surface area contributed by atoms with Gasteiger partial charge in [-0.2, -0.15) is 0 Å². The van der Waals surface area contributed by atoms with Gasteiger partial charge in [-0.05, 0) is 13.1 Å². The third kappa shape index (κ3) is 2.68. The van der Waals surface area contributed by atoms with Crippen LogP contribution in [0, 0.1) is 12.3 Å². The van der Waals surface area contributed by atoms with E-state index in [-0.39, 0.29) is 6.04 Å². The molecule has 0 saturated carbocycles. The van der Waals surface area contributed by atoms with Crippen molar-refractivity contribution in [2.24, 2.45) is 0 Å². The third-order valence-corrected chi connectivity index (χ3v) is 2.49. The Labute approximate surface area is 96.8 Å². The molecule has 0 saturated heterocycles. The van der Waals surface area contributed by atoms with E-state index >= 15 is 0 Å². The van der Waals surface area contributed by atoms with Crippen molar-refractivity contribution in [1.82, 2.24) is 5.32 Å². The minimum Gasteiger partial charge on any atom is -0.497 e. The highest BCUT2D eigenvalue weighted by Gasteiger charge is 2.13. The molecule has 0 aliphatic heterocycles. The second kappa shape index (κ2) is 6.04. The van der Waals surface area contributed by atoms with Crippen LogP contribution in [0.5, 0.6) is 11.5 Å². The van der Waals surface area contributed by atoms with E-state index in [1.54, 1.807) is 14.2 Å². The molecule has 0 spiro atoms. The lowest BCUT2D eigenvalue weighted by atomic mass is 10.0. The molecule has 0 bridgehead atoms. The number of ether oxygens (including phenoxy) is 2. The fraction of sp³-hybridized carbons (Fsp3) is 0.385. The molecule has 1 aromatic carbocycles. The Kier molecular flexibility index (Phi) is 4.68. The number of rotatable bonds is 5. The van der Waals surface area contributed by atoms with Crippen molar-refractivity contribution in [2.45, 2.75) is 12.5 Å². The lowest BCUT2D eigenvalue weighted by Crippen LogP contribution is -2.16. The van der Waals surface area contributed by atoms with Gasteiger partial charge in [0.2, 0.25) is 0 Å². The van der Waals surface area contributed by atoms with Crippen LogP contribution in [0.3, 0.4) is 0 Å². The molecule has 3 nitrogen and oxygen atoms in total. The van der Waals surface area contributed by atoms with Gasteiger partial charge in [0.25, 0.3) is 0 Å². The van der Waals surface area contributed by atoms with Gasteiger partial charge in [0.15, 0.2) is 0 Å². The van der Waals surface area contributed by atoms with Gasteiger partial charge in [-0.1, -0.05) is 6.07 Å². The Hall–Kier alpha value is -1.66. The minimum atomic E-state index is 0.103. The molecule has 0 radical (unpaired) electrons. The maximum Gasteiger partial charge on any atom is 0.127 e. The normalized spacial score (nSPS) is 11.6. The van der Waals surface area contributed by atoms with Gasteiger partial charge in [-0.15, -0.1) is 12.3 Å². The van der Waals surface area contributed by atoms with Gasteiger partial charge in [-0.25, -0.2) is 0 Å². The van der Waals surface area contributed by atoms with Gasteiger partial charge in [-0.3, -0.25) is 0 Å². The van der Waals surface area contributed by atoms with Gasteiger partial charge >= 0.3 is 0 Å². The van der Waals surface area contributed by atoms with Crippen LogP contribution in [0.2, 0.25) is 0 Å². The van der Waals surface area contributed by atoms with E-state index in [0.29, 0.717) is 6.42 Å². The summed E-state index contributed by atoms with van der Waals surface area (Å²) in [4.78, 5) is 0. The molecule has 0 aromatic heterocycles. The van der Waals surface area contributed by atoms with Gasteiger partial charge < -0.3 is 14.8 Å². The summed E-state index contributed by atoms with van der Waals surface area (Å²) in [6.45, 7) is 0. The van der Waals surface area contributed by atoms with E-state index in [9.17, 15) is 0 Å². The second-order valence-corrected chi connectivity index (χ2v) is 3.36. The summed E-state index contributed by atoms with van der Waals surface area (Å²) in [6, 6.07) is 5.83. The van der Waals surface area contributed by atoms with Crippen molar-refractivity contribution < 1.29 is 9.47 Å². The molecule has 16 heavy (non-hydrogen) atoms. The Morgan fingerprint density at radius 1 is 1.38 bits per heavy atom. The zero-order chi connectivity index (χ0) is 12.0. The van der Waals surface area contributed by atoms with Crippen molar-refractivity contribution in [3.05, 3.63) is 23.8 Å². The monoisotopic (exact) mass is 219 g/mol. The quantitative estimate of drug-likeness (QED) is 0.768. The molecule has 1 unspecified atom stereocenters. The molecule has 0 heterocycles. The van der Waals surface area contributed by atoms with Crippen LogP contribution in [-0.4, -0.2) is 21.3 Å². The fourth-order valence-corrected chi connectivity index (χ4v) is 1.59. The van der Waals surface area contributed by atoms with Crippen molar-refractivity contribution in [2.75, 3.05) is 21.3 Å². The predicted octanol–water partition coefficient (Wildman–Crippen LogP) is 1.99. The highest BCUT2D eigenvalue weighted by Crippen LogP contribution is 2.30. The van der Waals surface area contributed by atoms with Crippen molar-refractivity contribution in [3.8, 4) is 23.8 Å². The molecule has 1 rings (SSSR count). The molecule has 1 atom stereocenters. The van der Waals surface area contributed by atoms with Crippen molar-refractivity contribution >= 4 is 0 Å². The summed E-state index contributed by atoms with van der Waals surface area (Å²) < 4.78 is 10.5. The van der Waals surface area contributed by atoms with Gasteiger partial charge in [0.05, 0.1) is 14.2 Å². The molecule has 0 aliphatic carbocycles. The number of terminal acetylenes is 1. The minimum absolute atomic E-state index is 0.103. The second-order valence-electron chi connectivity index (χ2n) is 3.36. The van der Waals surface area contributed by atoms with Gasteiger partial charge in [0, 0.05) is 24.1 Å². The number of nitrogens with one attached hydrogen (secondary N) is 1. The molecular weight excluding hydrogens is 202 g/mol. The lowest BCUT2D eigenvalue weighted by molar-refractivity contribution is 0.386. The topological polar surface area (TPSA) is 30.5 Å². The van der Waals surface area contributed by atoms with Crippen LogP contribution in [-0.2, 0) is 0 Å². The number of benzene rings is 1. The summed E-state index contributed by atoms with van der Waals surface area (Å²) in [7, 11) is 5.15. The molecule has 0 amide bonds. The molecule has 1 N–H and O–H groups in total. The molecule has 86 valence electrons. The SMILES string of the molecule is C#CCC(NC)c1ccc(OC)cc1OC. The Bertz CT molecular complexity index is 382. The van der Waals surface area contributed by atoms with E-state index in [1.807, 2.05) is 25.2 Å². The first kappa shape index (κ1) is 12.4. The summed E-state index contributed by atoms with van der Waals surface area (Å²) >= 11 is 0. The van der Waals surface area contributed by atoms with Crippen molar-refractivity contribution in [1.29, 1.82) is 0 Å². The molecular formula is C13H17NO2. The first-order chi connectivity index (χ1) is 7.76. The third-order valence-electron chi connectivity index (χ3n) is 2.49. The van der Waals surface area contributed by atoms with Crippen LogP contribution < -0.4 is 14.8 Å². The molecule has 0 fully saturated rings. The molecule has 0 aliphatic rings. The van der Waals surface area contributed by atoms with Crippen molar-refractivity contribution in [3.63, 3.8) is 0 Å². The molecule has 3 heteroatoms. The van der Waals surface area contributed by atoms with E-state index < -0.39 is 0 Å². The number of hydrogen-bond donors (Lipinski definition) is 1. The first-order valence-corrected chi connectivity index (χ1v) is 5.09. The summed E-state index contributed by atoms with van der Waals surface area (Å²) in [5, 5.41) is 3.17. The van der Waals surface area contributed by atoms with E-state index in [4.69, 9.17) is 15.9 Å². The summed E-state index contributed by atoms with van der Waals surface area (Å²) in [5.41, 5.74) is 1.05. The van der Waals surface area contributed by atoms with Gasteiger partial charge in [0.1, 0.15) is 11.5 Å². The zero-order valence-electron chi connectivity index (χ0n) is 9.91.